The van der Waals surface area contributed by atoms with Crippen LogP contribution in [0.4, 0.5) is 0 Å². The molecular weight excluding hydrogens is 234 g/mol. The maximum atomic E-state index is 9.65. The van der Waals surface area contributed by atoms with Crippen molar-refractivity contribution in [1.29, 1.82) is 0 Å². The van der Waals surface area contributed by atoms with Crippen LogP contribution in [-0.2, 0) is 6.54 Å². The van der Waals surface area contributed by atoms with Gasteiger partial charge in [0, 0.05) is 12.6 Å². The number of aliphatic hydroxyl groups is 1. The van der Waals surface area contributed by atoms with Crippen LogP contribution in [0.3, 0.4) is 0 Å². The monoisotopic (exact) mass is 259 g/mol. The summed E-state index contributed by atoms with van der Waals surface area (Å²) in [4.78, 5) is 0. The van der Waals surface area contributed by atoms with Crippen LogP contribution in [0.5, 0.6) is 0 Å². The average molecular weight is 259 g/mol. The Labute approximate surface area is 116 Å². The van der Waals surface area contributed by atoms with Gasteiger partial charge in [-0.15, -0.1) is 0 Å². The van der Waals surface area contributed by atoms with E-state index < -0.39 is 0 Å². The fourth-order valence-corrected chi connectivity index (χ4v) is 3.13. The van der Waals surface area contributed by atoms with Crippen LogP contribution in [0.2, 0.25) is 0 Å². The van der Waals surface area contributed by atoms with Crippen LogP contribution in [-0.4, -0.2) is 17.8 Å². The lowest BCUT2D eigenvalue weighted by atomic mass is 9.79. The predicted octanol–water partition coefficient (Wildman–Crippen LogP) is 3.13. The maximum Gasteiger partial charge on any atom is 0.0587 e. The van der Waals surface area contributed by atoms with Gasteiger partial charge in [0.1, 0.15) is 0 Å². The smallest absolute Gasteiger partial charge is 0.0587 e. The Morgan fingerprint density at radius 2 is 2.05 bits per heavy atom. The van der Waals surface area contributed by atoms with Gasteiger partial charge >= 0.3 is 0 Å². The molecule has 3 atom stereocenters. The molecule has 19 heavy (non-hydrogen) atoms. The molecule has 1 aliphatic carbocycles. The summed E-state index contributed by atoms with van der Waals surface area (Å²) in [6, 6.07) is 10.6. The van der Waals surface area contributed by atoms with E-state index in [1.807, 2.05) is 6.07 Å². The number of hydrogen-bond acceptors (Lipinski definition) is 2. The van der Waals surface area contributed by atoms with E-state index in [4.69, 9.17) is 0 Å². The summed E-state index contributed by atoms with van der Waals surface area (Å²) >= 11 is 0. The van der Waals surface area contributed by atoms with Gasteiger partial charge in [0.05, 0.1) is 6.61 Å². The largest absolute Gasteiger partial charge is 0.395 e. The molecule has 2 heteroatoms. The van der Waals surface area contributed by atoms with Crippen molar-refractivity contribution < 1.29 is 5.11 Å². The minimum atomic E-state index is 0.200. The SMILES string of the molecule is CC1=CC(C)CC(C(CO)NCc2ccccc2)C1. The summed E-state index contributed by atoms with van der Waals surface area (Å²) in [6.45, 7) is 5.52. The van der Waals surface area contributed by atoms with Gasteiger partial charge in [-0.1, -0.05) is 48.9 Å². The molecule has 0 bridgehead atoms. The Morgan fingerprint density at radius 1 is 1.32 bits per heavy atom. The second-order valence-electron chi connectivity index (χ2n) is 5.85. The fraction of sp³-hybridized carbons (Fsp3) is 0.529. The van der Waals surface area contributed by atoms with E-state index in [1.165, 1.54) is 17.6 Å². The van der Waals surface area contributed by atoms with E-state index in [0.29, 0.717) is 11.8 Å². The Balaban J connectivity index is 1.92. The number of allylic oxidation sites excluding steroid dienone is 2. The van der Waals surface area contributed by atoms with E-state index in [9.17, 15) is 5.11 Å². The van der Waals surface area contributed by atoms with Crippen molar-refractivity contribution in [2.75, 3.05) is 6.61 Å². The minimum Gasteiger partial charge on any atom is -0.395 e. The minimum absolute atomic E-state index is 0.200. The van der Waals surface area contributed by atoms with Crippen LogP contribution < -0.4 is 5.32 Å². The molecule has 0 fully saturated rings. The summed E-state index contributed by atoms with van der Waals surface area (Å²) in [6.07, 6.45) is 4.64. The van der Waals surface area contributed by atoms with Crippen LogP contribution in [0.1, 0.15) is 32.3 Å². The highest BCUT2D eigenvalue weighted by Crippen LogP contribution is 2.30. The predicted molar refractivity (Wildman–Crippen MR) is 79.8 cm³/mol. The molecule has 1 aromatic carbocycles. The molecule has 0 saturated carbocycles. The number of benzene rings is 1. The van der Waals surface area contributed by atoms with E-state index in [1.54, 1.807) is 0 Å². The Kier molecular flexibility index (Phi) is 5.17. The third-order valence-electron chi connectivity index (χ3n) is 4.00. The topological polar surface area (TPSA) is 32.3 Å². The maximum absolute atomic E-state index is 9.65. The highest BCUT2D eigenvalue weighted by Gasteiger charge is 2.25. The van der Waals surface area contributed by atoms with E-state index in [2.05, 4.69) is 49.5 Å². The Bertz CT molecular complexity index is 413. The molecule has 0 amide bonds. The van der Waals surface area contributed by atoms with E-state index in [0.717, 1.165) is 13.0 Å². The van der Waals surface area contributed by atoms with E-state index in [-0.39, 0.29) is 12.6 Å². The van der Waals surface area contributed by atoms with Crippen molar-refractivity contribution in [3.05, 3.63) is 47.5 Å². The molecule has 2 rings (SSSR count). The van der Waals surface area contributed by atoms with Crippen LogP contribution >= 0.6 is 0 Å². The van der Waals surface area contributed by atoms with Crippen LogP contribution in [0.15, 0.2) is 42.0 Å². The summed E-state index contributed by atoms with van der Waals surface area (Å²) in [5, 5.41) is 13.2. The highest BCUT2D eigenvalue weighted by molar-refractivity contribution is 5.14. The van der Waals surface area contributed by atoms with Crippen molar-refractivity contribution in [1.82, 2.24) is 5.32 Å². The number of rotatable bonds is 5. The zero-order chi connectivity index (χ0) is 13.7. The molecule has 0 aliphatic heterocycles. The first-order valence-corrected chi connectivity index (χ1v) is 7.24. The first-order chi connectivity index (χ1) is 9.19. The molecule has 0 heterocycles. The molecule has 0 radical (unpaired) electrons. The van der Waals surface area contributed by atoms with Crippen molar-refractivity contribution in [2.24, 2.45) is 11.8 Å². The molecule has 0 spiro atoms. The second kappa shape index (κ2) is 6.88. The molecule has 0 aromatic heterocycles. The van der Waals surface area contributed by atoms with Gasteiger partial charge in [0.25, 0.3) is 0 Å². The molecular formula is C17H25NO. The molecule has 1 aromatic rings. The Morgan fingerprint density at radius 3 is 2.68 bits per heavy atom. The molecule has 3 unspecified atom stereocenters. The van der Waals surface area contributed by atoms with Crippen LogP contribution in [0.25, 0.3) is 0 Å². The lowest BCUT2D eigenvalue weighted by Crippen LogP contribution is -2.40. The molecule has 1 aliphatic rings. The third kappa shape index (κ3) is 4.19. The number of hydrogen-bond donors (Lipinski definition) is 2. The lowest BCUT2D eigenvalue weighted by Gasteiger charge is -2.32. The molecule has 104 valence electrons. The first kappa shape index (κ1) is 14.3. The molecule has 2 N–H and O–H groups in total. The third-order valence-corrected chi connectivity index (χ3v) is 4.00. The van der Waals surface area contributed by atoms with Gasteiger partial charge in [-0.05, 0) is 37.2 Å². The summed E-state index contributed by atoms with van der Waals surface area (Å²) < 4.78 is 0. The molecule has 0 saturated heterocycles. The van der Waals surface area contributed by atoms with Crippen LogP contribution in [0, 0.1) is 11.8 Å². The Hall–Kier alpha value is -1.12. The normalized spacial score (nSPS) is 24.9. The quantitative estimate of drug-likeness (QED) is 0.796. The fourth-order valence-electron chi connectivity index (χ4n) is 3.13. The second-order valence-corrected chi connectivity index (χ2v) is 5.85. The highest BCUT2D eigenvalue weighted by atomic mass is 16.3. The standard InChI is InChI=1S/C17H25NO/c1-13-8-14(2)10-16(9-13)17(12-19)18-11-15-6-4-3-5-7-15/h3-8,13,16-19H,9-12H2,1-2H3. The lowest BCUT2D eigenvalue weighted by molar-refractivity contribution is 0.180. The van der Waals surface area contributed by atoms with Crippen molar-refractivity contribution in [3.63, 3.8) is 0 Å². The average Bonchev–Trinajstić information content (AvgIpc) is 2.39. The summed E-state index contributed by atoms with van der Waals surface area (Å²) in [7, 11) is 0. The first-order valence-electron chi connectivity index (χ1n) is 7.24. The van der Waals surface area contributed by atoms with Gasteiger partial charge in [-0.3, -0.25) is 0 Å². The van der Waals surface area contributed by atoms with E-state index >= 15 is 0 Å². The number of nitrogens with one attached hydrogen (secondary N) is 1. The summed E-state index contributed by atoms with van der Waals surface area (Å²) in [5.74, 6) is 1.18. The van der Waals surface area contributed by atoms with Gasteiger partial charge < -0.3 is 10.4 Å². The summed E-state index contributed by atoms with van der Waals surface area (Å²) in [5.41, 5.74) is 2.74. The zero-order valence-electron chi connectivity index (χ0n) is 12.0. The van der Waals surface area contributed by atoms with Crippen molar-refractivity contribution in [2.45, 2.75) is 39.3 Å². The van der Waals surface area contributed by atoms with Gasteiger partial charge in [-0.25, -0.2) is 0 Å². The van der Waals surface area contributed by atoms with Gasteiger partial charge in [-0.2, -0.15) is 0 Å². The molecule has 2 nitrogen and oxygen atoms in total. The zero-order valence-corrected chi connectivity index (χ0v) is 12.0. The van der Waals surface area contributed by atoms with Crippen molar-refractivity contribution >= 4 is 0 Å². The van der Waals surface area contributed by atoms with Crippen molar-refractivity contribution in [3.8, 4) is 0 Å². The number of aliphatic hydroxyl groups excluding tert-OH is 1. The van der Waals surface area contributed by atoms with Gasteiger partial charge in [0.2, 0.25) is 0 Å². The van der Waals surface area contributed by atoms with Gasteiger partial charge in [0.15, 0.2) is 0 Å².